The standard InChI is InChI=1S/C18H25N5O5/c1-22(10-16(24)25)8-11-9-23(4-5-28-11)18-20-13-7-15(27-3)14(26-2)6-12(13)17(19)21-18/h6-7,11H,4-5,8-10H2,1-3H3,(H,24,25)(H2,19,20,21). The number of fused-ring (bicyclic) bond motifs is 1. The van der Waals surface area contributed by atoms with Crippen LogP contribution in [0.3, 0.4) is 0 Å². The minimum atomic E-state index is -0.870. The number of aliphatic carboxylic acids is 1. The fraction of sp³-hybridized carbons (Fsp3) is 0.500. The predicted molar refractivity (Wildman–Crippen MR) is 104 cm³/mol. The van der Waals surface area contributed by atoms with E-state index in [0.717, 1.165) is 0 Å². The lowest BCUT2D eigenvalue weighted by atomic mass is 10.2. The van der Waals surface area contributed by atoms with E-state index in [-0.39, 0.29) is 12.6 Å². The summed E-state index contributed by atoms with van der Waals surface area (Å²) >= 11 is 0. The number of nitrogens with two attached hydrogens (primary N) is 1. The number of nitrogens with zero attached hydrogens (tertiary/aromatic N) is 4. The van der Waals surface area contributed by atoms with Gasteiger partial charge in [0.25, 0.3) is 0 Å². The predicted octanol–water partition coefficient (Wildman–Crippen LogP) is 0.451. The molecule has 1 unspecified atom stereocenters. The summed E-state index contributed by atoms with van der Waals surface area (Å²) in [5.41, 5.74) is 6.83. The summed E-state index contributed by atoms with van der Waals surface area (Å²) in [6.07, 6.45) is -0.149. The van der Waals surface area contributed by atoms with Crippen molar-refractivity contribution in [3.8, 4) is 11.5 Å². The fourth-order valence-electron chi connectivity index (χ4n) is 3.26. The molecule has 0 radical (unpaired) electrons. The number of carboxylic acid groups (broad SMARTS) is 1. The van der Waals surface area contributed by atoms with Gasteiger partial charge < -0.3 is 30.0 Å². The molecule has 0 saturated carbocycles. The Kier molecular flexibility index (Phi) is 6.00. The summed E-state index contributed by atoms with van der Waals surface area (Å²) in [7, 11) is 4.88. The molecule has 10 heteroatoms. The third-order valence-corrected chi connectivity index (χ3v) is 4.56. The van der Waals surface area contributed by atoms with Gasteiger partial charge in [0.1, 0.15) is 5.82 Å². The summed E-state index contributed by atoms with van der Waals surface area (Å²) in [6.45, 7) is 2.12. The monoisotopic (exact) mass is 391 g/mol. The van der Waals surface area contributed by atoms with E-state index in [9.17, 15) is 4.79 Å². The molecular weight excluding hydrogens is 366 g/mol. The first-order valence-electron chi connectivity index (χ1n) is 8.87. The average molecular weight is 391 g/mol. The Hall–Kier alpha value is -2.85. The Morgan fingerprint density at radius 3 is 2.75 bits per heavy atom. The van der Waals surface area contributed by atoms with Crippen molar-refractivity contribution in [1.29, 1.82) is 0 Å². The number of nitrogen functional groups attached to an aromatic ring is 1. The number of benzene rings is 1. The Morgan fingerprint density at radius 1 is 1.36 bits per heavy atom. The van der Waals surface area contributed by atoms with Gasteiger partial charge >= 0.3 is 5.97 Å². The number of hydrogen-bond acceptors (Lipinski definition) is 9. The number of anilines is 2. The summed E-state index contributed by atoms with van der Waals surface area (Å²) in [6, 6.07) is 3.53. The number of aromatic nitrogens is 2. The van der Waals surface area contributed by atoms with Gasteiger partial charge in [-0.3, -0.25) is 9.69 Å². The Bertz CT molecular complexity index is 862. The molecule has 0 aliphatic carbocycles. The highest BCUT2D eigenvalue weighted by Gasteiger charge is 2.25. The van der Waals surface area contributed by atoms with Gasteiger partial charge in [-0.15, -0.1) is 0 Å². The highest BCUT2D eigenvalue weighted by Crippen LogP contribution is 2.34. The van der Waals surface area contributed by atoms with Crippen molar-refractivity contribution in [3.63, 3.8) is 0 Å². The molecule has 1 atom stereocenters. The van der Waals surface area contributed by atoms with Crippen LogP contribution < -0.4 is 20.1 Å². The smallest absolute Gasteiger partial charge is 0.317 e. The highest BCUT2D eigenvalue weighted by atomic mass is 16.5. The van der Waals surface area contributed by atoms with Gasteiger partial charge in [0.2, 0.25) is 5.95 Å². The average Bonchev–Trinajstić information content (AvgIpc) is 2.66. The van der Waals surface area contributed by atoms with Gasteiger partial charge in [-0.1, -0.05) is 0 Å². The largest absolute Gasteiger partial charge is 0.493 e. The van der Waals surface area contributed by atoms with Crippen molar-refractivity contribution in [2.75, 3.05) is 64.7 Å². The lowest BCUT2D eigenvalue weighted by Gasteiger charge is -2.34. The molecule has 1 aromatic heterocycles. The molecule has 0 spiro atoms. The van der Waals surface area contributed by atoms with Crippen LogP contribution in [0.15, 0.2) is 12.1 Å². The highest BCUT2D eigenvalue weighted by molar-refractivity contribution is 5.91. The summed E-state index contributed by atoms with van der Waals surface area (Å²) in [5.74, 6) is 1.11. The first kappa shape index (κ1) is 19.9. The molecule has 10 nitrogen and oxygen atoms in total. The quantitative estimate of drug-likeness (QED) is 0.687. The maximum Gasteiger partial charge on any atom is 0.317 e. The number of methoxy groups -OCH3 is 2. The second-order valence-electron chi connectivity index (χ2n) is 6.66. The van der Waals surface area contributed by atoms with Crippen molar-refractivity contribution in [3.05, 3.63) is 12.1 Å². The molecule has 2 aromatic rings. The van der Waals surface area contributed by atoms with Crippen molar-refractivity contribution >= 4 is 28.6 Å². The zero-order valence-electron chi connectivity index (χ0n) is 16.2. The van der Waals surface area contributed by atoms with E-state index in [1.54, 1.807) is 38.3 Å². The van der Waals surface area contributed by atoms with E-state index in [4.69, 9.17) is 25.1 Å². The van der Waals surface area contributed by atoms with Crippen molar-refractivity contribution < 1.29 is 24.1 Å². The van der Waals surface area contributed by atoms with Crippen molar-refractivity contribution in [2.45, 2.75) is 6.10 Å². The van der Waals surface area contributed by atoms with Gasteiger partial charge in [0, 0.05) is 31.1 Å². The SMILES string of the molecule is COc1cc2nc(N3CCOC(CN(C)CC(=O)O)C3)nc(N)c2cc1OC. The molecule has 3 rings (SSSR count). The van der Waals surface area contributed by atoms with Gasteiger partial charge in [-0.05, 0) is 13.1 Å². The fourth-order valence-corrected chi connectivity index (χ4v) is 3.26. The normalized spacial score (nSPS) is 17.1. The Balaban J connectivity index is 1.83. The van der Waals surface area contributed by atoms with Crippen LogP contribution in [0.4, 0.5) is 11.8 Å². The molecule has 0 amide bonds. The van der Waals surface area contributed by atoms with Gasteiger partial charge in [0.15, 0.2) is 11.5 Å². The zero-order chi connectivity index (χ0) is 20.3. The van der Waals surface area contributed by atoms with E-state index in [1.807, 2.05) is 4.90 Å². The second-order valence-corrected chi connectivity index (χ2v) is 6.66. The van der Waals surface area contributed by atoms with Crippen molar-refractivity contribution in [2.24, 2.45) is 0 Å². The molecule has 1 aliphatic rings. The lowest BCUT2D eigenvalue weighted by molar-refractivity contribution is -0.138. The summed E-state index contributed by atoms with van der Waals surface area (Å²) in [4.78, 5) is 23.7. The van der Waals surface area contributed by atoms with Crippen LogP contribution in [0, 0.1) is 0 Å². The van der Waals surface area contributed by atoms with Crippen LogP contribution in [-0.4, -0.2) is 86.1 Å². The molecule has 1 aliphatic heterocycles. The minimum Gasteiger partial charge on any atom is -0.493 e. The zero-order valence-corrected chi connectivity index (χ0v) is 16.2. The molecule has 152 valence electrons. The van der Waals surface area contributed by atoms with Crippen molar-refractivity contribution in [1.82, 2.24) is 14.9 Å². The first-order chi connectivity index (χ1) is 13.4. The molecular formula is C18H25N5O5. The first-order valence-corrected chi connectivity index (χ1v) is 8.87. The number of morpholine rings is 1. The molecule has 2 heterocycles. The van der Waals surface area contributed by atoms with Crippen LogP contribution in [0.25, 0.3) is 10.9 Å². The maximum atomic E-state index is 10.9. The van der Waals surface area contributed by atoms with Gasteiger partial charge in [-0.25, -0.2) is 4.98 Å². The molecule has 0 bridgehead atoms. The van der Waals surface area contributed by atoms with Crippen LogP contribution in [0.1, 0.15) is 0 Å². The molecule has 28 heavy (non-hydrogen) atoms. The molecule has 3 N–H and O–H groups in total. The Morgan fingerprint density at radius 2 is 2.07 bits per heavy atom. The summed E-state index contributed by atoms with van der Waals surface area (Å²) in [5, 5.41) is 9.60. The van der Waals surface area contributed by atoms with E-state index < -0.39 is 5.97 Å². The van der Waals surface area contributed by atoms with Crippen LogP contribution in [-0.2, 0) is 9.53 Å². The van der Waals surface area contributed by atoms with E-state index in [1.165, 1.54) is 0 Å². The van der Waals surface area contributed by atoms with Crippen LogP contribution in [0.5, 0.6) is 11.5 Å². The lowest BCUT2D eigenvalue weighted by Crippen LogP contribution is -2.48. The van der Waals surface area contributed by atoms with Gasteiger partial charge in [-0.2, -0.15) is 4.98 Å². The van der Waals surface area contributed by atoms with Gasteiger partial charge in [0.05, 0.1) is 39.0 Å². The number of carbonyl (C=O) groups is 1. The second kappa shape index (κ2) is 8.44. The molecule has 1 fully saturated rings. The Labute approximate surface area is 162 Å². The van der Waals surface area contributed by atoms with E-state index >= 15 is 0 Å². The topological polar surface area (TPSA) is 123 Å². The number of likely N-dealkylation sites (N-methyl/N-ethyl adjacent to an activating group) is 1. The van der Waals surface area contributed by atoms with Crippen LogP contribution >= 0.6 is 0 Å². The van der Waals surface area contributed by atoms with E-state index in [2.05, 4.69) is 9.97 Å². The van der Waals surface area contributed by atoms with Crippen LogP contribution in [0.2, 0.25) is 0 Å². The number of carboxylic acids is 1. The number of hydrogen-bond donors (Lipinski definition) is 2. The van der Waals surface area contributed by atoms with E-state index in [0.29, 0.717) is 60.4 Å². The minimum absolute atomic E-state index is 0.0408. The molecule has 1 saturated heterocycles. The summed E-state index contributed by atoms with van der Waals surface area (Å²) < 4.78 is 16.4. The number of rotatable bonds is 7. The number of ether oxygens (including phenoxy) is 3. The third kappa shape index (κ3) is 4.34. The third-order valence-electron chi connectivity index (χ3n) is 4.56. The maximum absolute atomic E-state index is 10.9. The molecule has 1 aromatic carbocycles.